The van der Waals surface area contributed by atoms with E-state index >= 15 is 0 Å². The Bertz CT molecular complexity index is 353. The second kappa shape index (κ2) is 7.48. The summed E-state index contributed by atoms with van der Waals surface area (Å²) in [6.07, 6.45) is 14.4. The van der Waals surface area contributed by atoms with Crippen LogP contribution in [-0.4, -0.2) is 28.7 Å². The second-order valence-corrected chi connectivity index (χ2v) is 8.27. The number of alkyl halides is 1. The maximum atomic E-state index is 13.1. The molecule has 0 spiro atoms. The minimum atomic E-state index is 0.337. The summed E-state index contributed by atoms with van der Waals surface area (Å²) in [5.74, 6) is 2.63. The molecule has 0 aliphatic heterocycles. The second-order valence-electron chi connectivity index (χ2n) is 7.47. The van der Waals surface area contributed by atoms with Crippen molar-refractivity contribution in [3.05, 3.63) is 0 Å². The lowest BCUT2D eigenvalue weighted by Gasteiger charge is -2.41. The molecule has 3 atom stereocenters. The molecule has 3 heteroatoms. The van der Waals surface area contributed by atoms with Crippen LogP contribution in [0.2, 0.25) is 0 Å². The van der Waals surface area contributed by atoms with Crippen LogP contribution >= 0.6 is 15.9 Å². The zero-order valence-corrected chi connectivity index (χ0v) is 14.8. The normalized spacial score (nSPS) is 33.7. The minimum Gasteiger partial charge on any atom is -0.339 e. The van der Waals surface area contributed by atoms with Gasteiger partial charge in [0.2, 0.25) is 5.91 Å². The fourth-order valence-corrected chi connectivity index (χ4v) is 5.49. The Hall–Kier alpha value is -0.0500. The van der Waals surface area contributed by atoms with Crippen LogP contribution in [-0.2, 0) is 4.79 Å². The fourth-order valence-electron chi connectivity index (χ4n) is 5.11. The van der Waals surface area contributed by atoms with Crippen molar-refractivity contribution in [1.29, 1.82) is 0 Å². The quantitative estimate of drug-likeness (QED) is 0.665. The average Bonchev–Trinajstić information content (AvgIpc) is 3.05. The van der Waals surface area contributed by atoms with Crippen molar-refractivity contribution in [3.63, 3.8) is 0 Å². The first kappa shape index (κ1) is 15.8. The molecule has 3 rings (SSSR count). The summed E-state index contributed by atoms with van der Waals surface area (Å²) in [6.45, 7) is 0.911. The first-order valence-electron chi connectivity index (χ1n) is 9.16. The highest BCUT2D eigenvalue weighted by molar-refractivity contribution is 9.09. The molecule has 3 saturated carbocycles. The van der Waals surface area contributed by atoms with Crippen LogP contribution in [0.3, 0.4) is 0 Å². The highest BCUT2D eigenvalue weighted by Crippen LogP contribution is 2.43. The maximum Gasteiger partial charge on any atom is 0.225 e. The van der Waals surface area contributed by atoms with Gasteiger partial charge in [-0.3, -0.25) is 4.79 Å². The van der Waals surface area contributed by atoms with Crippen LogP contribution in [0.1, 0.15) is 70.6 Å². The molecule has 0 radical (unpaired) electrons. The Balaban J connectivity index is 1.62. The maximum absolute atomic E-state index is 13.1. The van der Waals surface area contributed by atoms with E-state index in [-0.39, 0.29) is 0 Å². The molecule has 0 N–H and O–H groups in total. The number of carbonyl (C=O) groups excluding carboxylic acids is 1. The SMILES string of the molecule is O=C(C1CCC2CCCCC2C1)N(CCBr)C1CCCC1. The van der Waals surface area contributed by atoms with E-state index in [1.807, 2.05) is 0 Å². The lowest BCUT2D eigenvalue weighted by Crippen LogP contribution is -2.45. The number of carbonyl (C=O) groups is 1. The van der Waals surface area contributed by atoms with Gasteiger partial charge in [0.25, 0.3) is 0 Å². The zero-order chi connectivity index (χ0) is 14.7. The monoisotopic (exact) mass is 355 g/mol. The molecular formula is C18H30BrNO. The van der Waals surface area contributed by atoms with E-state index in [9.17, 15) is 4.79 Å². The standard InChI is InChI=1S/C18H30BrNO/c19-11-12-20(17-7-3-4-8-17)18(21)16-10-9-14-5-1-2-6-15(14)13-16/h14-17H,1-13H2. The third kappa shape index (κ3) is 3.65. The number of nitrogens with zero attached hydrogens (tertiary/aromatic N) is 1. The molecule has 3 aliphatic rings. The van der Waals surface area contributed by atoms with Crippen LogP contribution in [0, 0.1) is 17.8 Å². The molecule has 3 aliphatic carbocycles. The molecule has 0 heterocycles. The van der Waals surface area contributed by atoms with Gasteiger partial charge in [0.15, 0.2) is 0 Å². The first-order valence-corrected chi connectivity index (χ1v) is 10.3. The van der Waals surface area contributed by atoms with Gasteiger partial charge in [-0.15, -0.1) is 0 Å². The Labute approximate surface area is 138 Å². The topological polar surface area (TPSA) is 20.3 Å². The summed E-state index contributed by atoms with van der Waals surface area (Å²) in [4.78, 5) is 15.3. The minimum absolute atomic E-state index is 0.337. The predicted molar refractivity (Wildman–Crippen MR) is 90.6 cm³/mol. The Morgan fingerprint density at radius 2 is 1.57 bits per heavy atom. The summed E-state index contributed by atoms with van der Waals surface area (Å²) >= 11 is 3.55. The van der Waals surface area contributed by atoms with E-state index in [0.29, 0.717) is 17.9 Å². The van der Waals surface area contributed by atoms with Gasteiger partial charge < -0.3 is 4.90 Å². The van der Waals surface area contributed by atoms with Crippen molar-refractivity contribution in [2.45, 2.75) is 76.7 Å². The van der Waals surface area contributed by atoms with E-state index in [4.69, 9.17) is 0 Å². The Morgan fingerprint density at radius 3 is 2.29 bits per heavy atom. The molecule has 2 nitrogen and oxygen atoms in total. The van der Waals surface area contributed by atoms with Crippen molar-refractivity contribution in [1.82, 2.24) is 4.90 Å². The lowest BCUT2D eigenvalue weighted by atomic mass is 9.67. The summed E-state index contributed by atoms with van der Waals surface area (Å²) < 4.78 is 0. The molecule has 3 fully saturated rings. The molecule has 120 valence electrons. The van der Waals surface area contributed by atoms with Crippen molar-refractivity contribution in [2.24, 2.45) is 17.8 Å². The third-order valence-corrected chi connectivity index (χ3v) is 6.62. The molecule has 0 aromatic carbocycles. The van der Waals surface area contributed by atoms with Gasteiger partial charge in [-0.2, -0.15) is 0 Å². The number of halogens is 1. The zero-order valence-electron chi connectivity index (χ0n) is 13.2. The molecule has 0 saturated heterocycles. The van der Waals surface area contributed by atoms with Crippen LogP contribution in [0.15, 0.2) is 0 Å². The summed E-state index contributed by atoms with van der Waals surface area (Å²) in [5.41, 5.74) is 0. The summed E-state index contributed by atoms with van der Waals surface area (Å²) in [7, 11) is 0. The van der Waals surface area contributed by atoms with E-state index in [1.54, 1.807) is 0 Å². The molecule has 3 unspecified atom stereocenters. The van der Waals surface area contributed by atoms with Crippen LogP contribution in [0.25, 0.3) is 0 Å². The van der Waals surface area contributed by atoms with Crippen LogP contribution < -0.4 is 0 Å². The highest BCUT2D eigenvalue weighted by Gasteiger charge is 2.38. The van der Waals surface area contributed by atoms with Crippen LogP contribution in [0.5, 0.6) is 0 Å². The van der Waals surface area contributed by atoms with Gasteiger partial charge in [0, 0.05) is 23.8 Å². The smallest absolute Gasteiger partial charge is 0.225 e. The number of hydrogen-bond acceptors (Lipinski definition) is 1. The highest BCUT2D eigenvalue weighted by atomic mass is 79.9. The van der Waals surface area contributed by atoms with Crippen molar-refractivity contribution < 1.29 is 4.79 Å². The predicted octanol–water partition coefficient (Wildman–Crippen LogP) is 4.76. The Morgan fingerprint density at radius 1 is 0.905 bits per heavy atom. The van der Waals surface area contributed by atoms with Crippen molar-refractivity contribution in [2.75, 3.05) is 11.9 Å². The largest absolute Gasteiger partial charge is 0.339 e. The molecule has 1 amide bonds. The number of amides is 1. The lowest BCUT2D eigenvalue weighted by molar-refractivity contribution is -0.140. The summed E-state index contributed by atoms with van der Waals surface area (Å²) in [5, 5.41) is 0.925. The van der Waals surface area contributed by atoms with Gasteiger partial charge in [-0.05, 0) is 43.9 Å². The molecule has 21 heavy (non-hydrogen) atoms. The molecule has 0 bridgehead atoms. The molecule has 0 aromatic heterocycles. The number of fused-ring (bicyclic) bond motifs is 1. The number of hydrogen-bond donors (Lipinski definition) is 0. The third-order valence-electron chi connectivity index (χ3n) is 6.26. The van der Waals surface area contributed by atoms with Crippen molar-refractivity contribution in [3.8, 4) is 0 Å². The Kier molecular flexibility index (Phi) is 5.64. The first-order chi connectivity index (χ1) is 10.3. The number of rotatable bonds is 4. The van der Waals surface area contributed by atoms with E-state index in [1.165, 1.54) is 64.2 Å². The summed E-state index contributed by atoms with van der Waals surface area (Å²) in [6, 6.07) is 0.541. The van der Waals surface area contributed by atoms with E-state index < -0.39 is 0 Å². The molecular weight excluding hydrogens is 326 g/mol. The van der Waals surface area contributed by atoms with Gasteiger partial charge in [0.05, 0.1) is 0 Å². The van der Waals surface area contributed by atoms with E-state index in [2.05, 4.69) is 20.8 Å². The van der Waals surface area contributed by atoms with Gasteiger partial charge >= 0.3 is 0 Å². The van der Waals surface area contributed by atoms with Gasteiger partial charge in [-0.25, -0.2) is 0 Å². The van der Waals surface area contributed by atoms with Gasteiger partial charge in [0.1, 0.15) is 0 Å². The molecule has 0 aromatic rings. The van der Waals surface area contributed by atoms with Crippen LogP contribution in [0.4, 0.5) is 0 Å². The van der Waals surface area contributed by atoms with E-state index in [0.717, 1.165) is 30.1 Å². The van der Waals surface area contributed by atoms with Gasteiger partial charge in [-0.1, -0.05) is 54.5 Å². The van der Waals surface area contributed by atoms with Crippen molar-refractivity contribution >= 4 is 21.8 Å². The average molecular weight is 356 g/mol. The fraction of sp³-hybridized carbons (Fsp3) is 0.944.